The van der Waals surface area contributed by atoms with E-state index in [1.165, 1.54) is 5.56 Å². The van der Waals surface area contributed by atoms with Gasteiger partial charge >= 0.3 is 0 Å². The third-order valence-electron chi connectivity index (χ3n) is 4.43. The zero-order valence-electron chi connectivity index (χ0n) is 14.0. The zero-order valence-corrected chi connectivity index (χ0v) is 14.8. The number of hydrogen-bond acceptors (Lipinski definition) is 3. The first-order valence-electron chi connectivity index (χ1n) is 8.47. The Morgan fingerprint density at radius 1 is 1.21 bits per heavy atom. The quantitative estimate of drug-likeness (QED) is 0.815. The molecule has 2 aromatic carbocycles. The van der Waals surface area contributed by atoms with Crippen LogP contribution in [0.25, 0.3) is 0 Å². The number of ether oxygens (including phenoxy) is 2. The molecule has 2 atom stereocenters. The zero-order chi connectivity index (χ0) is 16.8. The Labute approximate surface area is 148 Å². The van der Waals surface area contributed by atoms with Gasteiger partial charge in [0.05, 0.1) is 13.2 Å². The third-order valence-corrected chi connectivity index (χ3v) is 4.67. The average molecular weight is 346 g/mol. The molecule has 2 aromatic rings. The maximum absolute atomic E-state index is 6.30. The molecule has 0 aliphatic carbocycles. The van der Waals surface area contributed by atoms with Gasteiger partial charge in [0.2, 0.25) is 0 Å². The largest absolute Gasteiger partial charge is 0.487 e. The summed E-state index contributed by atoms with van der Waals surface area (Å²) in [6, 6.07) is 16.0. The van der Waals surface area contributed by atoms with Crippen LogP contribution in [0.2, 0.25) is 5.02 Å². The molecule has 3 rings (SSSR count). The highest BCUT2D eigenvalue weighted by molar-refractivity contribution is 6.30. The van der Waals surface area contributed by atoms with Gasteiger partial charge in [0.1, 0.15) is 11.9 Å². The first kappa shape index (κ1) is 17.3. The van der Waals surface area contributed by atoms with Gasteiger partial charge in [-0.3, -0.25) is 0 Å². The minimum atomic E-state index is 0.0450. The first-order chi connectivity index (χ1) is 11.7. The molecule has 3 nitrogen and oxygen atoms in total. The van der Waals surface area contributed by atoms with Gasteiger partial charge in [0, 0.05) is 17.5 Å². The number of benzene rings is 2. The monoisotopic (exact) mass is 345 g/mol. The van der Waals surface area contributed by atoms with E-state index in [0.29, 0.717) is 19.1 Å². The summed E-state index contributed by atoms with van der Waals surface area (Å²) < 4.78 is 12.2. The van der Waals surface area contributed by atoms with Crippen LogP contribution in [-0.4, -0.2) is 25.8 Å². The van der Waals surface area contributed by atoms with Gasteiger partial charge < -0.3 is 14.8 Å². The first-order valence-corrected chi connectivity index (χ1v) is 8.85. The Morgan fingerprint density at radius 2 is 2.04 bits per heavy atom. The Bertz CT molecular complexity index is 641. The van der Waals surface area contributed by atoms with Crippen LogP contribution >= 0.6 is 11.6 Å². The van der Waals surface area contributed by atoms with E-state index >= 15 is 0 Å². The lowest BCUT2D eigenvalue weighted by Crippen LogP contribution is -2.33. The summed E-state index contributed by atoms with van der Waals surface area (Å²) in [6.07, 6.45) is 1.16. The Balaban J connectivity index is 1.62. The lowest BCUT2D eigenvalue weighted by molar-refractivity contribution is 0.0162. The molecule has 0 spiro atoms. The van der Waals surface area contributed by atoms with Crippen LogP contribution < -0.4 is 10.1 Å². The minimum absolute atomic E-state index is 0.0450. The number of aryl methyl sites for hydroxylation is 1. The summed E-state index contributed by atoms with van der Waals surface area (Å²) in [6.45, 7) is 5.24. The molecule has 4 heteroatoms. The van der Waals surface area contributed by atoms with Crippen LogP contribution in [0.3, 0.4) is 0 Å². The third kappa shape index (κ3) is 4.73. The Hall–Kier alpha value is -1.55. The second-order valence-electron chi connectivity index (χ2n) is 6.32. The van der Waals surface area contributed by atoms with Crippen molar-refractivity contribution in [3.05, 3.63) is 64.7 Å². The van der Waals surface area contributed by atoms with Crippen LogP contribution in [0.15, 0.2) is 48.5 Å². The van der Waals surface area contributed by atoms with Crippen LogP contribution in [0, 0.1) is 12.8 Å². The number of nitrogens with one attached hydrogen (secondary N) is 1. The highest BCUT2D eigenvalue weighted by atomic mass is 35.5. The van der Waals surface area contributed by atoms with Crippen LogP contribution in [0.4, 0.5) is 0 Å². The van der Waals surface area contributed by atoms with E-state index < -0.39 is 0 Å². The van der Waals surface area contributed by atoms with Gasteiger partial charge in [-0.15, -0.1) is 0 Å². The molecule has 0 saturated carbocycles. The molecular weight excluding hydrogens is 322 g/mol. The molecule has 1 heterocycles. The average Bonchev–Trinajstić information content (AvgIpc) is 3.11. The summed E-state index contributed by atoms with van der Waals surface area (Å²) in [5.41, 5.74) is 2.24. The summed E-state index contributed by atoms with van der Waals surface area (Å²) in [7, 11) is 0. The summed E-state index contributed by atoms with van der Waals surface area (Å²) in [4.78, 5) is 0. The van der Waals surface area contributed by atoms with Crippen molar-refractivity contribution in [2.24, 2.45) is 5.92 Å². The van der Waals surface area contributed by atoms with Crippen molar-refractivity contribution in [3.63, 3.8) is 0 Å². The highest BCUT2D eigenvalue weighted by Gasteiger charge is 2.27. The predicted octanol–water partition coefficient (Wildman–Crippen LogP) is 4.22. The number of rotatable bonds is 7. The molecule has 1 N–H and O–H groups in total. The van der Waals surface area contributed by atoms with Gasteiger partial charge in [0.15, 0.2) is 0 Å². The van der Waals surface area contributed by atoms with Gasteiger partial charge in [0.25, 0.3) is 0 Å². The molecule has 24 heavy (non-hydrogen) atoms. The maximum atomic E-state index is 6.30. The standard InChI is InChI=1S/C20H24ClNO2/c1-15-11-18(21)7-8-19(15)24-20(17-9-10-22-12-17)14-23-13-16-5-3-2-4-6-16/h2-8,11,17,20,22H,9-10,12-14H2,1H3. The van der Waals surface area contributed by atoms with Gasteiger partial charge in [-0.25, -0.2) is 0 Å². The number of hydrogen-bond donors (Lipinski definition) is 1. The molecule has 1 fully saturated rings. The highest BCUT2D eigenvalue weighted by Crippen LogP contribution is 2.26. The van der Waals surface area contributed by atoms with E-state index in [-0.39, 0.29) is 6.10 Å². The topological polar surface area (TPSA) is 30.5 Å². The normalized spacial score (nSPS) is 18.5. The van der Waals surface area contributed by atoms with E-state index in [0.717, 1.165) is 35.8 Å². The lowest BCUT2D eigenvalue weighted by atomic mass is 10.0. The van der Waals surface area contributed by atoms with Crippen LogP contribution in [0.5, 0.6) is 5.75 Å². The molecule has 0 bridgehead atoms. The van der Waals surface area contributed by atoms with Crippen LogP contribution in [-0.2, 0) is 11.3 Å². The van der Waals surface area contributed by atoms with Crippen molar-refractivity contribution in [2.45, 2.75) is 26.1 Å². The summed E-state index contributed by atoms with van der Waals surface area (Å²) in [5.74, 6) is 1.36. The smallest absolute Gasteiger partial charge is 0.126 e. The fourth-order valence-corrected chi connectivity index (χ4v) is 3.26. The molecule has 1 aliphatic heterocycles. The van der Waals surface area contributed by atoms with E-state index in [9.17, 15) is 0 Å². The number of halogens is 1. The molecule has 1 aliphatic rings. The van der Waals surface area contributed by atoms with E-state index in [4.69, 9.17) is 21.1 Å². The SMILES string of the molecule is Cc1cc(Cl)ccc1OC(COCc1ccccc1)C1CCNC1. The molecular formula is C20H24ClNO2. The summed E-state index contributed by atoms with van der Waals surface area (Å²) >= 11 is 6.04. The van der Waals surface area contributed by atoms with Crippen molar-refractivity contribution >= 4 is 11.6 Å². The van der Waals surface area contributed by atoms with Gasteiger partial charge in [-0.2, -0.15) is 0 Å². The molecule has 0 amide bonds. The van der Waals surface area contributed by atoms with E-state index in [1.807, 2.05) is 43.3 Å². The van der Waals surface area contributed by atoms with Crippen molar-refractivity contribution in [3.8, 4) is 5.75 Å². The Morgan fingerprint density at radius 3 is 2.75 bits per heavy atom. The van der Waals surface area contributed by atoms with Crippen molar-refractivity contribution in [2.75, 3.05) is 19.7 Å². The maximum Gasteiger partial charge on any atom is 0.126 e. The fraction of sp³-hybridized carbons (Fsp3) is 0.400. The molecule has 1 saturated heterocycles. The van der Waals surface area contributed by atoms with Crippen molar-refractivity contribution in [1.82, 2.24) is 5.32 Å². The predicted molar refractivity (Wildman–Crippen MR) is 97.7 cm³/mol. The second-order valence-corrected chi connectivity index (χ2v) is 6.76. The lowest BCUT2D eigenvalue weighted by Gasteiger charge is -2.25. The van der Waals surface area contributed by atoms with E-state index in [1.54, 1.807) is 0 Å². The molecule has 0 radical (unpaired) electrons. The molecule has 0 aromatic heterocycles. The summed E-state index contributed by atoms with van der Waals surface area (Å²) in [5, 5.41) is 4.15. The Kier molecular flexibility index (Phi) is 6.13. The molecule has 128 valence electrons. The van der Waals surface area contributed by atoms with Crippen molar-refractivity contribution < 1.29 is 9.47 Å². The fourth-order valence-electron chi connectivity index (χ4n) is 3.04. The second kappa shape index (κ2) is 8.52. The van der Waals surface area contributed by atoms with Gasteiger partial charge in [-0.1, -0.05) is 41.9 Å². The van der Waals surface area contributed by atoms with Gasteiger partial charge in [-0.05, 0) is 49.2 Å². The van der Waals surface area contributed by atoms with E-state index in [2.05, 4.69) is 17.4 Å². The van der Waals surface area contributed by atoms with Crippen LogP contribution in [0.1, 0.15) is 17.5 Å². The van der Waals surface area contributed by atoms with Crippen molar-refractivity contribution in [1.29, 1.82) is 0 Å². The molecule has 2 unspecified atom stereocenters. The minimum Gasteiger partial charge on any atom is -0.487 e.